The molecule has 2 aromatic rings. The van der Waals surface area contributed by atoms with Gasteiger partial charge in [0.2, 0.25) is 0 Å². The zero-order chi connectivity index (χ0) is 31.4. The number of carbonyl (C=O) groups is 2. The Bertz CT molecular complexity index is 1240. The molecule has 1 unspecified atom stereocenters. The van der Waals surface area contributed by atoms with Crippen molar-refractivity contribution in [2.45, 2.75) is 99.5 Å². The monoisotopic (exact) mass is 560 g/mol. The molecule has 0 aliphatic heterocycles. The van der Waals surface area contributed by atoms with E-state index in [4.69, 9.17) is 0 Å². The third-order valence-electron chi connectivity index (χ3n) is 8.01. The van der Waals surface area contributed by atoms with Crippen molar-refractivity contribution >= 4 is 11.8 Å². The quantitative estimate of drug-likeness (QED) is 0.129. The number of benzene rings is 2. The summed E-state index contributed by atoms with van der Waals surface area (Å²) in [5, 5.41) is 10.4. The largest absolute Gasteiger partial charge is 0.463 e. The summed E-state index contributed by atoms with van der Waals surface area (Å²) in [7, 11) is 1.18. The van der Waals surface area contributed by atoms with E-state index in [1.54, 1.807) is 32.1 Å². The first-order valence-corrected chi connectivity index (χ1v) is 14.7. The Hall–Kier alpha value is -3.24. The Labute approximate surface area is 249 Å². The molecule has 4 nitrogen and oxygen atoms in total. The number of Topliss-reactive ketones (excluding diaryl/α,β-unsaturated/α-hetero) is 1. The first kappa shape index (κ1) is 35.8. The smallest absolute Gasteiger partial charge is 0.379 e. The van der Waals surface area contributed by atoms with Crippen molar-refractivity contribution in [1.82, 2.24) is 0 Å². The Balaban J connectivity index is 0.000000509. The van der Waals surface area contributed by atoms with Crippen LogP contribution in [0.25, 0.3) is 0 Å². The highest BCUT2D eigenvalue weighted by Crippen LogP contribution is 2.40. The first-order valence-electron chi connectivity index (χ1n) is 14.7. The van der Waals surface area contributed by atoms with E-state index in [-0.39, 0.29) is 16.9 Å². The molecule has 0 saturated heterocycles. The van der Waals surface area contributed by atoms with Crippen LogP contribution < -0.4 is 0 Å². The topological polar surface area (TPSA) is 63.6 Å². The molecule has 0 spiro atoms. The minimum atomic E-state index is -0.855. The molecule has 0 aromatic heterocycles. The summed E-state index contributed by atoms with van der Waals surface area (Å²) in [6, 6.07) is 16.0. The van der Waals surface area contributed by atoms with Crippen molar-refractivity contribution in [2.24, 2.45) is 5.41 Å². The molecule has 2 aromatic carbocycles. The summed E-state index contributed by atoms with van der Waals surface area (Å²) >= 11 is 0. The number of carbonyl (C=O) groups excluding carboxylic acids is 2. The van der Waals surface area contributed by atoms with Crippen molar-refractivity contribution in [3.8, 4) is 0 Å². The number of esters is 1. The normalized spacial score (nSPS) is 13.1. The average Bonchev–Trinajstić information content (AvgIpc) is 2.95. The number of hydrogen-bond acceptors (Lipinski definition) is 4. The zero-order valence-electron chi connectivity index (χ0n) is 27.1. The van der Waals surface area contributed by atoms with Crippen LogP contribution in [-0.2, 0) is 26.2 Å². The molecule has 0 amide bonds. The van der Waals surface area contributed by atoms with Crippen molar-refractivity contribution in [2.75, 3.05) is 7.11 Å². The number of ketones is 1. The number of aliphatic hydroxyl groups excluding tert-OH is 1. The Morgan fingerprint density at radius 2 is 1.63 bits per heavy atom. The summed E-state index contributed by atoms with van der Waals surface area (Å²) < 4.78 is 4.33. The maximum Gasteiger partial charge on any atom is 0.379 e. The highest BCUT2D eigenvalue weighted by molar-refractivity contribution is 6.41. The Morgan fingerprint density at radius 3 is 2.10 bits per heavy atom. The van der Waals surface area contributed by atoms with Crippen LogP contribution in [0.5, 0.6) is 0 Å². The van der Waals surface area contributed by atoms with E-state index in [0.29, 0.717) is 5.57 Å². The lowest BCUT2D eigenvalue weighted by molar-refractivity contribution is -0.149. The number of ether oxygens (including phenoxy) is 1. The van der Waals surface area contributed by atoms with Crippen LogP contribution in [0.15, 0.2) is 78.4 Å². The Kier molecular flexibility index (Phi) is 14.2. The van der Waals surface area contributed by atoms with E-state index < -0.39 is 11.8 Å². The zero-order valence-corrected chi connectivity index (χ0v) is 27.1. The van der Waals surface area contributed by atoms with Crippen LogP contribution >= 0.6 is 0 Å². The molecule has 0 fully saturated rings. The van der Waals surface area contributed by atoms with Crippen molar-refractivity contribution < 1.29 is 19.4 Å². The van der Waals surface area contributed by atoms with Crippen LogP contribution in [0.2, 0.25) is 0 Å². The lowest BCUT2D eigenvalue weighted by Crippen LogP contribution is -2.27. The molecule has 0 aliphatic rings. The van der Waals surface area contributed by atoms with Crippen molar-refractivity contribution in [3.63, 3.8) is 0 Å². The fourth-order valence-corrected chi connectivity index (χ4v) is 4.97. The van der Waals surface area contributed by atoms with Gasteiger partial charge in [-0.15, -0.1) is 0 Å². The van der Waals surface area contributed by atoms with Crippen molar-refractivity contribution in [1.29, 1.82) is 0 Å². The second kappa shape index (κ2) is 16.3. The molecular weight excluding hydrogens is 508 g/mol. The second-order valence-corrected chi connectivity index (χ2v) is 11.9. The van der Waals surface area contributed by atoms with Gasteiger partial charge in [0.1, 0.15) is 0 Å². The van der Waals surface area contributed by atoms with Gasteiger partial charge in [-0.2, -0.15) is 0 Å². The van der Waals surface area contributed by atoms with E-state index in [1.165, 1.54) is 34.9 Å². The molecule has 0 saturated carbocycles. The van der Waals surface area contributed by atoms with E-state index in [2.05, 4.69) is 102 Å². The maximum atomic E-state index is 11.3. The second-order valence-electron chi connectivity index (χ2n) is 11.9. The van der Waals surface area contributed by atoms with Gasteiger partial charge in [-0.05, 0) is 87.1 Å². The average molecular weight is 561 g/mol. The highest BCUT2D eigenvalue weighted by atomic mass is 16.5. The minimum absolute atomic E-state index is 0.0570. The first-order chi connectivity index (χ1) is 19.2. The number of allylic oxidation sites excluding steroid dienone is 4. The molecule has 0 heterocycles. The van der Waals surface area contributed by atoms with Gasteiger partial charge in [0, 0.05) is 11.0 Å². The summed E-state index contributed by atoms with van der Waals surface area (Å²) in [5.41, 5.74) is 7.99. The number of hydrogen-bond donors (Lipinski definition) is 1. The molecule has 0 radical (unpaired) electrons. The molecule has 1 atom stereocenters. The number of rotatable bonds is 11. The highest BCUT2D eigenvalue weighted by Gasteiger charge is 2.31. The lowest BCUT2D eigenvalue weighted by atomic mass is 9.70. The van der Waals surface area contributed by atoms with Crippen LogP contribution in [0.3, 0.4) is 0 Å². The minimum Gasteiger partial charge on any atom is -0.463 e. The van der Waals surface area contributed by atoms with Gasteiger partial charge >= 0.3 is 5.97 Å². The molecule has 1 N–H and O–H groups in total. The van der Waals surface area contributed by atoms with Gasteiger partial charge in [-0.3, -0.25) is 4.79 Å². The number of methoxy groups -OCH3 is 1. The van der Waals surface area contributed by atoms with E-state index in [1.807, 2.05) is 0 Å². The molecule has 0 aliphatic carbocycles. The predicted octanol–water partition coefficient (Wildman–Crippen LogP) is 8.56. The third-order valence-corrected chi connectivity index (χ3v) is 8.01. The fourth-order valence-electron chi connectivity index (χ4n) is 4.97. The SMILES string of the molecule is C=C/C(C)=C\C(=C/C)C(=O)C(=O)OC.CCC(CC)(c1cccc(C)c1)c1ccc(CCC(O)C(C)(C)C)c(C)c1. The third kappa shape index (κ3) is 9.97. The van der Waals surface area contributed by atoms with Gasteiger partial charge in [0.25, 0.3) is 5.78 Å². The summed E-state index contributed by atoms with van der Waals surface area (Å²) in [5.74, 6) is -1.50. The van der Waals surface area contributed by atoms with Crippen LogP contribution in [0.1, 0.15) is 95.5 Å². The fraction of sp³-hybridized carbons (Fsp3) is 0.459. The molecule has 0 bridgehead atoms. The summed E-state index contributed by atoms with van der Waals surface area (Å²) in [6.45, 7) is 22.3. The van der Waals surface area contributed by atoms with E-state index in [9.17, 15) is 14.7 Å². The molecule has 4 heteroatoms. The maximum absolute atomic E-state index is 11.3. The van der Waals surface area contributed by atoms with Gasteiger partial charge in [0.15, 0.2) is 0 Å². The van der Waals surface area contributed by atoms with Crippen LogP contribution in [0.4, 0.5) is 0 Å². The van der Waals surface area contributed by atoms with Gasteiger partial charge < -0.3 is 9.84 Å². The lowest BCUT2D eigenvalue weighted by Gasteiger charge is -2.34. The van der Waals surface area contributed by atoms with Gasteiger partial charge in [0.05, 0.1) is 13.2 Å². The van der Waals surface area contributed by atoms with Crippen molar-refractivity contribution in [3.05, 3.63) is 106 Å². The molecular formula is C37H52O4. The molecule has 41 heavy (non-hydrogen) atoms. The number of aliphatic hydroxyl groups is 1. The predicted molar refractivity (Wildman–Crippen MR) is 172 cm³/mol. The van der Waals surface area contributed by atoms with Crippen LogP contribution in [-0.4, -0.2) is 30.1 Å². The number of aryl methyl sites for hydroxylation is 3. The summed E-state index contributed by atoms with van der Waals surface area (Å²) in [4.78, 5) is 22.2. The van der Waals surface area contributed by atoms with Gasteiger partial charge in [-0.1, -0.05) is 107 Å². The molecule has 224 valence electrons. The van der Waals surface area contributed by atoms with E-state index in [0.717, 1.165) is 31.3 Å². The van der Waals surface area contributed by atoms with E-state index >= 15 is 0 Å². The molecule has 2 rings (SSSR count). The van der Waals surface area contributed by atoms with Crippen LogP contribution in [0, 0.1) is 19.3 Å². The summed E-state index contributed by atoms with van der Waals surface area (Å²) in [6.07, 6.45) is 8.42. The Morgan fingerprint density at radius 1 is 1.02 bits per heavy atom. The standard InChI is InChI=1S/C26H38O.C11H14O3/c1-8-26(9-2,22-12-10-11-19(3)17-22)23-15-13-21(20(4)18-23)14-16-24(27)25(5,6)7;1-5-8(3)7-9(6-2)10(12)11(13)14-4/h10-13,15,17-18,24,27H,8-9,14,16H2,1-7H3;5-7H,1H2,2-4H3/b;8-7-,9-6+. The van der Waals surface area contributed by atoms with Gasteiger partial charge in [-0.25, -0.2) is 4.79 Å².